The van der Waals surface area contributed by atoms with Gasteiger partial charge in [-0.3, -0.25) is 4.79 Å². The van der Waals surface area contributed by atoms with Crippen LogP contribution in [0.2, 0.25) is 0 Å². The fraction of sp³-hybridized carbons (Fsp3) is 0.118. The van der Waals surface area contributed by atoms with Gasteiger partial charge in [0.05, 0.1) is 17.3 Å². The molecule has 1 aromatic carbocycles. The van der Waals surface area contributed by atoms with E-state index in [0.29, 0.717) is 16.7 Å². The third-order valence-electron chi connectivity index (χ3n) is 3.48. The van der Waals surface area contributed by atoms with E-state index in [-0.39, 0.29) is 12.6 Å². The van der Waals surface area contributed by atoms with E-state index in [9.17, 15) is 9.59 Å². The Labute approximate surface area is 137 Å². The van der Waals surface area contributed by atoms with Crippen molar-refractivity contribution in [1.82, 2.24) is 14.6 Å². The van der Waals surface area contributed by atoms with Crippen LogP contribution in [-0.4, -0.2) is 15.2 Å². The van der Waals surface area contributed by atoms with Crippen LogP contribution in [0.4, 0.5) is 0 Å². The van der Waals surface area contributed by atoms with Crippen molar-refractivity contribution in [3.8, 4) is 22.9 Å². The first-order valence-corrected chi connectivity index (χ1v) is 7.21. The number of nitriles is 1. The molecule has 2 aromatic heterocycles. The molecular formula is C17H14N4O3. The van der Waals surface area contributed by atoms with Gasteiger partial charge in [0, 0.05) is 25.0 Å². The minimum atomic E-state index is -0.471. The van der Waals surface area contributed by atoms with E-state index in [0.717, 1.165) is 5.69 Å². The lowest BCUT2D eigenvalue weighted by Gasteiger charge is -2.03. The van der Waals surface area contributed by atoms with Crippen LogP contribution in [-0.2, 0) is 11.5 Å². The maximum Gasteiger partial charge on any atom is 0.365 e. The van der Waals surface area contributed by atoms with Crippen molar-refractivity contribution in [2.45, 2.75) is 13.6 Å². The summed E-state index contributed by atoms with van der Waals surface area (Å²) in [7, 11) is 0. The Kier molecular flexibility index (Phi) is 4.03. The second-order valence-electron chi connectivity index (χ2n) is 5.20. The molecule has 120 valence electrons. The Balaban J connectivity index is 1.84. The normalized spacial score (nSPS) is 10.3. The van der Waals surface area contributed by atoms with Gasteiger partial charge in [0.25, 0.3) is 0 Å². The largest absolute Gasteiger partial charge is 0.365 e. The maximum atomic E-state index is 11.9. The fourth-order valence-electron chi connectivity index (χ4n) is 2.27. The topological polar surface area (TPSA) is 93.0 Å². The first kappa shape index (κ1) is 15.4. The van der Waals surface area contributed by atoms with Gasteiger partial charge in [-0.15, -0.1) is 0 Å². The number of amides is 1. The molecule has 0 radical (unpaired) electrons. The zero-order valence-corrected chi connectivity index (χ0v) is 12.9. The minimum Gasteiger partial charge on any atom is -0.336 e. The number of carbonyl (C=O) groups is 1. The predicted octanol–water partition coefficient (Wildman–Crippen LogP) is 1.86. The molecule has 1 N–H and O–H groups in total. The molecule has 3 rings (SSSR count). The number of nitrogens with one attached hydrogen (secondary N) is 1. The van der Waals surface area contributed by atoms with Crippen molar-refractivity contribution in [2.75, 3.05) is 0 Å². The Morgan fingerprint density at radius 1 is 1.25 bits per heavy atom. The van der Waals surface area contributed by atoms with Crippen LogP contribution >= 0.6 is 0 Å². The van der Waals surface area contributed by atoms with Gasteiger partial charge in [-0.05, 0) is 23.8 Å². The standard InChI is InChI=1S/C17H14N4O3/c1-12(22)19-11-21-10-16(17(23)24-21)14-2-4-15(5-3-14)20-7-6-13(8-18)9-20/h2-7,9-10H,11H2,1H3,(H,19,22). The summed E-state index contributed by atoms with van der Waals surface area (Å²) < 4.78 is 8.16. The van der Waals surface area contributed by atoms with Crippen LogP contribution in [0.15, 0.2) is 58.2 Å². The van der Waals surface area contributed by atoms with Crippen molar-refractivity contribution in [1.29, 1.82) is 5.26 Å². The first-order chi connectivity index (χ1) is 11.6. The molecule has 0 atom stereocenters. The van der Waals surface area contributed by atoms with Crippen LogP contribution in [0.1, 0.15) is 12.5 Å². The quantitative estimate of drug-likeness (QED) is 0.793. The van der Waals surface area contributed by atoms with E-state index in [1.807, 2.05) is 16.7 Å². The number of hydrogen-bond donors (Lipinski definition) is 1. The lowest BCUT2D eigenvalue weighted by molar-refractivity contribution is -0.119. The lowest BCUT2D eigenvalue weighted by Crippen LogP contribution is -2.22. The summed E-state index contributed by atoms with van der Waals surface area (Å²) >= 11 is 0. The molecule has 2 heterocycles. The third-order valence-corrected chi connectivity index (χ3v) is 3.48. The molecule has 0 fully saturated rings. The van der Waals surface area contributed by atoms with E-state index in [1.165, 1.54) is 11.7 Å². The fourth-order valence-corrected chi connectivity index (χ4v) is 2.27. The molecule has 24 heavy (non-hydrogen) atoms. The molecular weight excluding hydrogens is 308 g/mol. The van der Waals surface area contributed by atoms with Gasteiger partial charge in [-0.2, -0.15) is 10.0 Å². The Morgan fingerprint density at radius 2 is 2.00 bits per heavy atom. The highest BCUT2D eigenvalue weighted by Crippen LogP contribution is 2.19. The summed E-state index contributed by atoms with van der Waals surface area (Å²) in [5.74, 6) is -0.208. The van der Waals surface area contributed by atoms with Crippen LogP contribution in [0.25, 0.3) is 16.8 Å². The van der Waals surface area contributed by atoms with Crippen molar-refractivity contribution in [2.24, 2.45) is 0 Å². The van der Waals surface area contributed by atoms with Gasteiger partial charge in [0.15, 0.2) is 0 Å². The average Bonchev–Trinajstić information content (AvgIpc) is 3.19. The average molecular weight is 322 g/mol. The molecule has 0 bridgehead atoms. The monoisotopic (exact) mass is 322 g/mol. The molecule has 0 unspecified atom stereocenters. The number of nitrogens with zero attached hydrogens (tertiary/aromatic N) is 3. The molecule has 0 saturated carbocycles. The summed E-state index contributed by atoms with van der Waals surface area (Å²) in [6.07, 6.45) is 5.08. The van der Waals surface area contributed by atoms with Crippen molar-refractivity contribution in [3.63, 3.8) is 0 Å². The molecule has 3 aromatic rings. The van der Waals surface area contributed by atoms with Gasteiger partial charge < -0.3 is 14.4 Å². The second-order valence-corrected chi connectivity index (χ2v) is 5.20. The molecule has 0 saturated heterocycles. The molecule has 0 spiro atoms. The third kappa shape index (κ3) is 3.13. The summed E-state index contributed by atoms with van der Waals surface area (Å²) in [6.45, 7) is 1.49. The minimum absolute atomic E-state index is 0.100. The van der Waals surface area contributed by atoms with Crippen LogP contribution in [0, 0.1) is 11.3 Å². The smallest absolute Gasteiger partial charge is 0.336 e. The van der Waals surface area contributed by atoms with Gasteiger partial charge in [0.1, 0.15) is 12.7 Å². The SMILES string of the molecule is CC(=O)NCn1cc(-c2ccc(-n3ccc(C#N)c3)cc2)c(=O)o1. The van der Waals surface area contributed by atoms with Crippen LogP contribution < -0.4 is 10.9 Å². The van der Waals surface area contributed by atoms with Crippen molar-refractivity contribution in [3.05, 3.63) is 64.9 Å². The zero-order valence-electron chi connectivity index (χ0n) is 12.9. The Morgan fingerprint density at radius 3 is 2.62 bits per heavy atom. The highest BCUT2D eigenvalue weighted by Gasteiger charge is 2.10. The molecule has 1 amide bonds. The molecule has 7 heteroatoms. The molecule has 0 aliphatic heterocycles. The number of carbonyl (C=O) groups excluding carboxylic acids is 1. The number of hydrogen-bond acceptors (Lipinski definition) is 4. The zero-order chi connectivity index (χ0) is 17.1. The highest BCUT2D eigenvalue weighted by atomic mass is 16.5. The van der Waals surface area contributed by atoms with Crippen molar-refractivity contribution >= 4 is 5.91 Å². The summed E-state index contributed by atoms with van der Waals surface area (Å²) in [6, 6.07) is 11.1. The van der Waals surface area contributed by atoms with Crippen LogP contribution in [0.3, 0.4) is 0 Å². The van der Waals surface area contributed by atoms with Gasteiger partial charge in [0.2, 0.25) is 5.91 Å². The van der Waals surface area contributed by atoms with E-state index in [4.69, 9.17) is 9.78 Å². The maximum absolute atomic E-state index is 11.9. The lowest BCUT2D eigenvalue weighted by atomic mass is 10.1. The summed E-state index contributed by atoms with van der Waals surface area (Å²) in [5.41, 5.74) is 2.11. The predicted molar refractivity (Wildman–Crippen MR) is 86.3 cm³/mol. The Bertz CT molecular complexity index is 970. The highest BCUT2D eigenvalue weighted by molar-refractivity contribution is 5.72. The molecule has 0 aliphatic carbocycles. The van der Waals surface area contributed by atoms with Crippen molar-refractivity contribution < 1.29 is 9.32 Å². The summed E-state index contributed by atoms with van der Waals surface area (Å²) in [4.78, 5) is 22.8. The second kappa shape index (κ2) is 6.30. The Hall–Kier alpha value is -3.53. The first-order valence-electron chi connectivity index (χ1n) is 7.21. The number of rotatable bonds is 4. The van der Waals surface area contributed by atoms with E-state index in [2.05, 4.69) is 11.4 Å². The molecule has 0 aliphatic rings. The van der Waals surface area contributed by atoms with Gasteiger partial charge >= 0.3 is 5.63 Å². The number of aromatic nitrogens is 2. The van der Waals surface area contributed by atoms with Gasteiger partial charge in [-0.25, -0.2) is 4.79 Å². The van der Waals surface area contributed by atoms with Crippen LogP contribution in [0.5, 0.6) is 0 Å². The number of benzene rings is 1. The molecule has 7 nitrogen and oxygen atoms in total. The van der Waals surface area contributed by atoms with E-state index >= 15 is 0 Å². The van der Waals surface area contributed by atoms with Gasteiger partial charge in [-0.1, -0.05) is 12.1 Å². The summed E-state index contributed by atoms with van der Waals surface area (Å²) in [5, 5.41) is 11.4. The van der Waals surface area contributed by atoms with E-state index in [1.54, 1.807) is 36.8 Å². The van der Waals surface area contributed by atoms with E-state index < -0.39 is 5.63 Å².